The Morgan fingerprint density at radius 3 is 2.58 bits per heavy atom. The zero-order chi connectivity index (χ0) is 17.3. The van der Waals surface area contributed by atoms with Crippen LogP contribution in [0.3, 0.4) is 0 Å². The van der Waals surface area contributed by atoms with Gasteiger partial charge in [0.25, 0.3) is 5.56 Å². The first kappa shape index (κ1) is 16.0. The lowest BCUT2D eigenvalue weighted by Gasteiger charge is -2.09. The van der Waals surface area contributed by atoms with Gasteiger partial charge >= 0.3 is 0 Å². The van der Waals surface area contributed by atoms with Crippen LogP contribution in [-0.2, 0) is 0 Å². The van der Waals surface area contributed by atoms with Crippen molar-refractivity contribution in [1.29, 1.82) is 0 Å². The number of aromatic hydroxyl groups is 1. The predicted octanol–water partition coefficient (Wildman–Crippen LogP) is 2.37. The fourth-order valence-corrected chi connectivity index (χ4v) is 3.05. The molecule has 0 aliphatic carbocycles. The minimum atomic E-state index is -0.229. The summed E-state index contributed by atoms with van der Waals surface area (Å²) in [6.07, 6.45) is 1.48. The van der Waals surface area contributed by atoms with Gasteiger partial charge in [-0.1, -0.05) is 0 Å². The molecule has 8 heteroatoms. The number of phenols is 1. The predicted molar refractivity (Wildman–Crippen MR) is 92.8 cm³/mol. The molecule has 7 nitrogen and oxygen atoms in total. The van der Waals surface area contributed by atoms with E-state index in [4.69, 9.17) is 9.47 Å². The molecule has 2 aromatic heterocycles. The smallest absolute Gasteiger partial charge is 0.282 e. The summed E-state index contributed by atoms with van der Waals surface area (Å²) in [7, 11) is 2.89. The number of fused-ring (bicyclic) bond motifs is 1. The first-order valence-corrected chi connectivity index (χ1v) is 7.89. The lowest BCUT2D eigenvalue weighted by molar-refractivity contribution is 0.340. The molecule has 124 valence electrons. The Labute approximate surface area is 141 Å². The van der Waals surface area contributed by atoms with Crippen LogP contribution in [0.15, 0.2) is 33.5 Å². The maximum atomic E-state index is 12.5. The molecular formula is C16H15N3O4S. The molecular weight excluding hydrogens is 330 g/mol. The molecule has 0 fully saturated rings. The number of phenolic OH excluding ortho intramolecular Hbond substituents is 1. The molecule has 0 bridgehead atoms. The van der Waals surface area contributed by atoms with Crippen LogP contribution < -0.4 is 15.0 Å². The third kappa shape index (κ3) is 2.71. The summed E-state index contributed by atoms with van der Waals surface area (Å²) in [4.78, 5) is 17.5. The second-order valence-corrected chi connectivity index (χ2v) is 5.83. The number of aryl methyl sites for hydroxylation is 1. The SMILES string of the molecule is COc1cc(/C=N/n2c(C)nc3sccc3c2=O)cc(OC)c1O. The fraction of sp³-hybridized carbons (Fsp3) is 0.188. The van der Waals surface area contributed by atoms with E-state index in [1.165, 1.54) is 36.4 Å². The van der Waals surface area contributed by atoms with E-state index in [-0.39, 0.29) is 22.8 Å². The van der Waals surface area contributed by atoms with Gasteiger partial charge in [-0.15, -0.1) is 11.3 Å². The van der Waals surface area contributed by atoms with E-state index in [0.717, 1.165) is 0 Å². The van der Waals surface area contributed by atoms with Gasteiger partial charge in [0.05, 0.1) is 25.8 Å². The third-order valence-corrected chi connectivity index (χ3v) is 4.27. The van der Waals surface area contributed by atoms with E-state index in [1.807, 2.05) is 5.38 Å². The Kier molecular flexibility index (Phi) is 4.22. The number of nitrogens with zero attached hydrogens (tertiary/aromatic N) is 3. The molecule has 2 heterocycles. The van der Waals surface area contributed by atoms with E-state index >= 15 is 0 Å². The standard InChI is InChI=1S/C16H15N3O4S/c1-9-18-15-11(4-5-24-15)16(21)19(9)17-8-10-6-12(22-2)14(20)13(7-10)23-3/h4-8,20H,1-3H3/b17-8+. The van der Waals surface area contributed by atoms with Crippen molar-refractivity contribution in [3.8, 4) is 17.2 Å². The van der Waals surface area contributed by atoms with Gasteiger partial charge < -0.3 is 14.6 Å². The minimum absolute atomic E-state index is 0.0909. The first-order chi connectivity index (χ1) is 11.5. The van der Waals surface area contributed by atoms with Crippen LogP contribution in [0.1, 0.15) is 11.4 Å². The first-order valence-electron chi connectivity index (χ1n) is 7.01. The molecule has 3 rings (SSSR count). The van der Waals surface area contributed by atoms with Gasteiger partial charge in [-0.3, -0.25) is 4.79 Å². The lowest BCUT2D eigenvalue weighted by Crippen LogP contribution is -2.19. The van der Waals surface area contributed by atoms with Crippen LogP contribution in [0, 0.1) is 6.92 Å². The Morgan fingerprint density at radius 1 is 1.29 bits per heavy atom. The molecule has 0 spiro atoms. The maximum absolute atomic E-state index is 12.5. The number of rotatable bonds is 4. The van der Waals surface area contributed by atoms with E-state index in [9.17, 15) is 9.90 Å². The normalized spacial score (nSPS) is 11.3. The Bertz CT molecular complexity index is 966. The van der Waals surface area contributed by atoms with Gasteiger partial charge in [0, 0.05) is 5.56 Å². The van der Waals surface area contributed by atoms with E-state index in [0.29, 0.717) is 21.6 Å². The van der Waals surface area contributed by atoms with Gasteiger partial charge in [0.15, 0.2) is 11.5 Å². The van der Waals surface area contributed by atoms with Crippen molar-refractivity contribution in [3.05, 3.63) is 45.3 Å². The molecule has 0 amide bonds. The molecule has 1 aromatic carbocycles. The maximum Gasteiger partial charge on any atom is 0.282 e. The van der Waals surface area contributed by atoms with Crippen LogP contribution in [0.4, 0.5) is 0 Å². The van der Waals surface area contributed by atoms with Crippen molar-refractivity contribution in [2.75, 3.05) is 14.2 Å². The summed E-state index contributed by atoms with van der Waals surface area (Å²) >= 11 is 1.41. The highest BCUT2D eigenvalue weighted by molar-refractivity contribution is 7.16. The molecule has 0 atom stereocenters. The van der Waals surface area contributed by atoms with E-state index < -0.39 is 0 Å². The lowest BCUT2D eigenvalue weighted by atomic mass is 10.2. The average molecular weight is 345 g/mol. The number of ether oxygens (including phenoxy) is 2. The fourth-order valence-electron chi connectivity index (χ4n) is 2.25. The molecule has 0 radical (unpaired) electrons. The van der Waals surface area contributed by atoms with Crippen molar-refractivity contribution < 1.29 is 14.6 Å². The second kappa shape index (κ2) is 6.32. The highest BCUT2D eigenvalue weighted by Crippen LogP contribution is 2.36. The second-order valence-electron chi connectivity index (χ2n) is 4.93. The Hall–Kier alpha value is -2.87. The minimum Gasteiger partial charge on any atom is -0.502 e. The number of thiophene rings is 1. The summed E-state index contributed by atoms with van der Waals surface area (Å²) < 4.78 is 11.4. The summed E-state index contributed by atoms with van der Waals surface area (Å²) in [6, 6.07) is 4.92. The van der Waals surface area contributed by atoms with E-state index in [2.05, 4.69) is 10.1 Å². The highest BCUT2D eigenvalue weighted by Gasteiger charge is 2.11. The van der Waals surface area contributed by atoms with Crippen molar-refractivity contribution in [2.24, 2.45) is 5.10 Å². The number of methoxy groups -OCH3 is 2. The molecule has 0 saturated carbocycles. The number of hydrogen-bond donors (Lipinski definition) is 1. The van der Waals surface area contributed by atoms with Crippen molar-refractivity contribution in [3.63, 3.8) is 0 Å². The summed E-state index contributed by atoms with van der Waals surface area (Å²) in [5, 5.41) is 16.5. The van der Waals surface area contributed by atoms with Crippen LogP contribution in [0.2, 0.25) is 0 Å². The molecule has 0 saturated heterocycles. The topological polar surface area (TPSA) is 85.9 Å². The third-order valence-electron chi connectivity index (χ3n) is 3.46. The van der Waals surface area contributed by atoms with E-state index in [1.54, 1.807) is 25.1 Å². The number of benzene rings is 1. The molecule has 0 unspecified atom stereocenters. The highest BCUT2D eigenvalue weighted by atomic mass is 32.1. The summed E-state index contributed by atoms with van der Waals surface area (Å²) in [5.41, 5.74) is 0.380. The summed E-state index contributed by atoms with van der Waals surface area (Å²) in [6.45, 7) is 1.72. The van der Waals surface area contributed by atoms with Gasteiger partial charge in [0.2, 0.25) is 5.75 Å². The molecule has 1 N–H and O–H groups in total. The van der Waals surface area contributed by atoms with Crippen molar-refractivity contribution >= 4 is 27.8 Å². The van der Waals surface area contributed by atoms with Gasteiger partial charge in [-0.05, 0) is 30.5 Å². The molecule has 3 aromatic rings. The van der Waals surface area contributed by atoms with Gasteiger partial charge in [-0.2, -0.15) is 9.78 Å². The zero-order valence-electron chi connectivity index (χ0n) is 13.3. The molecule has 0 aliphatic rings. The van der Waals surface area contributed by atoms with Crippen molar-refractivity contribution in [1.82, 2.24) is 9.66 Å². The molecule has 0 aliphatic heterocycles. The quantitative estimate of drug-likeness (QED) is 0.734. The van der Waals surface area contributed by atoms with Gasteiger partial charge in [0.1, 0.15) is 10.7 Å². The van der Waals surface area contributed by atoms with Crippen LogP contribution >= 0.6 is 11.3 Å². The molecule has 24 heavy (non-hydrogen) atoms. The van der Waals surface area contributed by atoms with Crippen molar-refractivity contribution in [2.45, 2.75) is 6.92 Å². The Morgan fingerprint density at radius 2 is 1.96 bits per heavy atom. The number of aromatic nitrogens is 2. The monoisotopic (exact) mass is 345 g/mol. The van der Waals surface area contributed by atoms with Crippen LogP contribution in [0.25, 0.3) is 10.2 Å². The van der Waals surface area contributed by atoms with Crippen LogP contribution in [-0.4, -0.2) is 35.2 Å². The Balaban J connectivity index is 2.07. The zero-order valence-corrected chi connectivity index (χ0v) is 14.1. The van der Waals surface area contributed by atoms with Crippen LogP contribution in [0.5, 0.6) is 17.2 Å². The number of hydrogen-bond acceptors (Lipinski definition) is 7. The average Bonchev–Trinajstić information content (AvgIpc) is 3.04. The van der Waals surface area contributed by atoms with Gasteiger partial charge in [-0.25, -0.2) is 4.98 Å². The summed E-state index contributed by atoms with van der Waals surface area (Å²) in [5.74, 6) is 0.910. The largest absolute Gasteiger partial charge is 0.502 e.